The summed E-state index contributed by atoms with van der Waals surface area (Å²) in [5.74, 6) is 0. The first-order valence-electron chi connectivity index (χ1n) is 5.39. The molecule has 0 aromatic heterocycles. The maximum atomic E-state index is 12.5. The highest BCUT2D eigenvalue weighted by molar-refractivity contribution is 5.54. The van der Waals surface area contributed by atoms with Gasteiger partial charge in [0.05, 0.1) is 0 Å². The Morgan fingerprint density at radius 3 is 2.76 bits per heavy atom. The van der Waals surface area contributed by atoms with Gasteiger partial charge in [0, 0.05) is 32.0 Å². The second-order valence-corrected chi connectivity index (χ2v) is 3.63. The van der Waals surface area contributed by atoms with Crippen molar-refractivity contribution in [3.8, 4) is 0 Å². The van der Waals surface area contributed by atoms with Gasteiger partial charge in [-0.25, -0.2) is 0 Å². The van der Waals surface area contributed by atoms with Gasteiger partial charge >= 0.3 is 6.18 Å². The van der Waals surface area contributed by atoms with E-state index in [-0.39, 0.29) is 6.54 Å². The van der Waals surface area contributed by atoms with Crippen molar-refractivity contribution in [3.63, 3.8) is 0 Å². The van der Waals surface area contributed by atoms with Crippen molar-refractivity contribution in [2.45, 2.75) is 19.1 Å². The minimum Gasteiger partial charge on any atom is -0.374 e. The molecule has 96 valence electrons. The van der Waals surface area contributed by atoms with E-state index < -0.39 is 12.2 Å². The first-order valence-corrected chi connectivity index (χ1v) is 5.39. The van der Waals surface area contributed by atoms with E-state index >= 15 is 0 Å². The zero-order valence-electron chi connectivity index (χ0n) is 9.61. The lowest BCUT2D eigenvalue weighted by molar-refractivity contribution is -0.162. The Morgan fingerprint density at radius 2 is 2.12 bits per heavy atom. The molecule has 0 saturated carbocycles. The summed E-state index contributed by atoms with van der Waals surface area (Å²) in [6.45, 7) is 2.66. The molecule has 6 heteroatoms. The lowest BCUT2D eigenvalue weighted by Crippen LogP contribution is -2.55. The molecule has 1 aliphatic heterocycles. The number of piperazine rings is 1. The summed E-state index contributed by atoms with van der Waals surface area (Å²) in [6.07, 6.45) is 4.06. The maximum Gasteiger partial charge on any atom is 0.405 e. The van der Waals surface area contributed by atoms with Crippen LogP contribution in [0, 0.1) is 0 Å². The molecule has 1 atom stereocenters. The first kappa shape index (κ1) is 13.8. The summed E-state index contributed by atoms with van der Waals surface area (Å²) in [7, 11) is 0. The average Bonchev–Trinajstić information content (AvgIpc) is 2.28. The number of aliphatic imine (C=N–C) groups is 1. The number of alkyl halides is 3. The largest absolute Gasteiger partial charge is 0.405 e. The lowest BCUT2D eigenvalue weighted by Gasteiger charge is -2.33. The van der Waals surface area contributed by atoms with Crippen LogP contribution < -0.4 is 5.32 Å². The van der Waals surface area contributed by atoms with Crippen LogP contribution in [0.5, 0.6) is 0 Å². The van der Waals surface area contributed by atoms with Gasteiger partial charge in [0.2, 0.25) is 0 Å². The first-order chi connectivity index (χ1) is 8.04. The van der Waals surface area contributed by atoms with E-state index in [4.69, 9.17) is 0 Å². The summed E-state index contributed by atoms with van der Waals surface area (Å²) in [6, 6.07) is -1.45. The van der Waals surface area contributed by atoms with E-state index in [1.807, 2.05) is 0 Å². The van der Waals surface area contributed by atoms with Crippen molar-refractivity contribution in [2.24, 2.45) is 4.99 Å². The van der Waals surface area contributed by atoms with Gasteiger partial charge < -0.3 is 10.2 Å². The van der Waals surface area contributed by atoms with Crippen LogP contribution >= 0.6 is 0 Å². The fourth-order valence-electron chi connectivity index (χ4n) is 1.48. The number of rotatable bonds is 3. The number of halogens is 3. The van der Waals surface area contributed by atoms with Crippen molar-refractivity contribution < 1.29 is 13.2 Å². The topological polar surface area (TPSA) is 27.6 Å². The molecule has 3 nitrogen and oxygen atoms in total. The standard InChI is InChI=1S/C11H16F3N3/c1-2-15-5-3-4-7-17-8-6-16-10(9-17)11(12,13)14/h2-5,7,10,16H,6,8-9H2,1H3/b5-3-,7-4+,15-2-. The van der Waals surface area contributed by atoms with Gasteiger partial charge in [-0.2, -0.15) is 13.2 Å². The zero-order chi connectivity index (χ0) is 12.7. The SMILES string of the molecule is C\C=N/C=C\C=C\N1CCNC(C(F)(F)F)C1. The second kappa shape index (κ2) is 6.44. The maximum absolute atomic E-state index is 12.5. The van der Waals surface area contributed by atoms with Gasteiger partial charge in [-0.05, 0) is 25.3 Å². The van der Waals surface area contributed by atoms with Gasteiger partial charge in [-0.3, -0.25) is 4.99 Å². The summed E-state index contributed by atoms with van der Waals surface area (Å²) >= 11 is 0. The molecule has 0 radical (unpaired) electrons. The summed E-state index contributed by atoms with van der Waals surface area (Å²) < 4.78 is 37.4. The Morgan fingerprint density at radius 1 is 1.35 bits per heavy atom. The molecule has 0 aromatic carbocycles. The predicted molar refractivity (Wildman–Crippen MR) is 61.9 cm³/mol. The van der Waals surface area contributed by atoms with Crippen LogP contribution in [0.1, 0.15) is 6.92 Å². The third-order valence-electron chi connectivity index (χ3n) is 2.33. The van der Waals surface area contributed by atoms with Crippen LogP contribution in [-0.4, -0.2) is 43.0 Å². The molecule has 1 heterocycles. The summed E-state index contributed by atoms with van der Waals surface area (Å²) in [4.78, 5) is 5.49. The van der Waals surface area contributed by atoms with Crippen LogP contribution in [-0.2, 0) is 0 Å². The van der Waals surface area contributed by atoms with Crippen LogP contribution in [0.25, 0.3) is 0 Å². The number of nitrogens with zero attached hydrogens (tertiary/aromatic N) is 2. The summed E-state index contributed by atoms with van der Waals surface area (Å²) in [5.41, 5.74) is 0. The molecule has 0 spiro atoms. The molecule has 0 bridgehead atoms. The Hall–Kier alpha value is -1.30. The van der Waals surface area contributed by atoms with Crippen LogP contribution in [0.4, 0.5) is 13.2 Å². The molecule has 0 aliphatic carbocycles. The number of allylic oxidation sites excluding steroid dienone is 2. The molecule has 0 amide bonds. The van der Waals surface area contributed by atoms with Gasteiger partial charge in [-0.1, -0.05) is 0 Å². The lowest BCUT2D eigenvalue weighted by atomic mass is 10.2. The molecular weight excluding hydrogens is 231 g/mol. The van der Waals surface area contributed by atoms with E-state index in [0.717, 1.165) is 0 Å². The van der Waals surface area contributed by atoms with Crippen molar-refractivity contribution in [1.82, 2.24) is 10.2 Å². The monoisotopic (exact) mass is 247 g/mol. The number of hydrogen-bond acceptors (Lipinski definition) is 3. The Balaban J connectivity index is 2.45. The smallest absolute Gasteiger partial charge is 0.374 e. The minimum absolute atomic E-state index is 0.0507. The molecule has 1 aliphatic rings. The third kappa shape index (κ3) is 5.04. The van der Waals surface area contributed by atoms with Crippen LogP contribution in [0.15, 0.2) is 29.5 Å². The zero-order valence-corrected chi connectivity index (χ0v) is 9.61. The van der Waals surface area contributed by atoms with E-state index in [2.05, 4.69) is 10.3 Å². The van der Waals surface area contributed by atoms with Crippen LogP contribution in [0.3, 0.4) is 0 Å². The molecule has 1 unspecified atom stereocenters. The van der Waals surface area contributed by atoms with Gasteiger partial charge in [0.25, 0.3) is 0 Å². The molecule has 17 heavy (non-hydrogen) atoms. The van der Waals surface area contributed by atoms with E-state index in [9.17, 15) is 13.2 Å². The van der Waals surface area contributed by atoms with Crippen molar-refractivity contribution >= 4 is 6.21 Å². The van der Waals surface area contributed by atoms with Crippen molar-refractivity contribution in [3.05, 3.63) is 24.6 Å². The molecule has 1 rings (SSSR count). The average molecular weight is 247 g/mol. The van der Waals surface area contributed by atoms with E-state index in [1.54, 1.807) is 42.6 Å². The van der Waals surface area contributed by atoms with Gasteiger partial charge in [-0.15, -0.1) is 0 Å². The molecule has 1 fully saturated rings. The Bertz CT molecular complexity index is 308. The number of nitrogens with one attached hydrogen (secondary N) is 1. The van der Waals surface area contributed by atoms with Crippen molar-refractivity contribution in [2.75, 3.05) is 19.6 Å². The van der Waals surface area contributed by atoms with Gasteiger partial charge in [0.1, 0.15) is 6.04 Å². The Labute approximate surface area is 98.7 Å². The fraction of sp³-hybridized carbons (Fsp3) is 0.545. The fourth-order valence-corrected chi connectivity index (χ4v) is 1.48. The molecule has 0 aromatic rings. The second-order valence-electron chi connectivity index (χ2n) is 3.63. The normalized spacial score (nSPS) is 23.3. The van der Waals surface area contributed by atoms with E-state index in [1.165, 1.54) is 0 Å². The molecular formula is C11H16F3N3. The molecule has 1 N–H and O–H groups in total. The Kier molecular flexibility index (Phi) is 5.21. The highest BCUT2D eigenvalue weighted by Crippen LogP contribution is 2.22. The quantitative estimate of drug-likeness (QED) is 0.609. The molecule has 1 saturated heterocycles. The van der Waals surface area contributed by atoms with Crippen LogP contribution in [0.2, 0.25) is 0 Å². The minimum atomic E-state index is -4.19. The third-order valence-corrected chi connectivity index (χ3v) is 2.33. The highest BCUT2D eigenvalue weighted by atomic mass is 19.4. The predicted octanol–water partition coefficient (Wildman–Crippen LogP) is 1.94. The van der Waals surface area contributed by atoms with E-state index in [0.29, 0.717) is 13.1 Å². The highest BCUT2D eigenvalue weighted by Gasteiger charge is 2.41. The van der Waals surface area contributed by atoms with Gasteiger partial charge in [0.15, 0.2) is 0 Å². The number of hydrogen-bond donors (Lipinski definition) is 1. The summed E-state index contributed by atoms with van der Waals surface area (Å²) in [5, 5.41) is 2.46. The van der Waals surface area contributed by atoms with Crippen molar-refractivity contribution in [1.29, 1.82) is 0 Å².